The van der Waals surface area contributed by atoms with E-state index >= 15 is 0 Å². The molecule has 0 atom stereocenters. The van der Waals surface area contributed by atoms with Gasteiger partial charge in [-0.25, -0.2) is 8.42 Å². The molecular formula is C10H15NO2S. The zero-order valence-electron chi connectivity index (χ0n) is 8.69. The van der Waals surface area contributed by atoms with Crippen LogP contribution in [0.1, 0.15) is 19.4 Å². The number of sulfone groups is 1. The van der Waals surface area contributed by atoms with Crippen LogP contribution in [0.25, 0.3) is 0 Å². The number of aromatic nitrogens is 1. The Morgan fingerprint density at radius 1 is 1.36 bits per heavy atom. The number of hydrogen-bond acceptors (Lipinski definition) is 3. The first-order valence-corrected chi connectivity index (χ1v) is 6.42. The van der Waals surface area contributed by atoms with E-state index < -0.39 is 9.84 Å². The molecule has 0 aliphatic carbocycles. The Kier molecular flexibility index (Phi) is 3.26. The van der Waals surface area contributed by atoms with E-state index in [1.165, 1.54) is 12.5 Å². The molecule has 0 radical (unpaired) electrons. The molecule has 0 bridgehead atoms. The van der Waals surface area contributed by atoms with Gasteiger partial charge in [0, 0.05) is 18.6 Å². The molecule has 14 heavy (non-hydrogen) atoms. The van der Waals surface area contributed by atoms with Crippen LogP contribution >= 0.6 is 0 Å². The smallest absolute Gasteiger partial charge is 0.177 e. The predicted octanol–water partition coefficient (Wildman–Crippen LogP) is 1.68. The van der Waals surface area contributed by atoms with E-state index in [2.05, 4.69) is 18.8 Å². The second kappa shape index (κ2) is 4.09. The van der Waals surface area contributed by atoms with Gasteiger partial charge in [-0.2, -0.15) is 0 Å². The largest absolute Gasteiger partial charge is 0.263 e. The average molecular weight is 213 g/mol. The third-order valence-corrected chi connectivity index (χ3v) is 2.92. The van der Waals surface area contributed by atoms with Crippen LogP contribution in [0, 0.1) is 5.92 Å². The molecular weight excluding hydrogens is 198 g/mol. The van der Waals surface area contributed by atoms with Crippen LogP contribution in [0.15, 0.2) is 23.4 Å². The molecule has 0 unspecified atom stereocenters. The van der Waals surface area contributed by atoms with Crippen molar-refractivity contribution in [3.05, 3.63) is 24.0 Å². The van der Waals surface area contributed by atoms with E-state index in [9.17, 15) is 8.42 Å². The first-order chi connectivity index (χ1) is 6.39. The van der Waals surface area contributed by atoms with Crippen LogP contribution in [0.5, 0.6) is 0 Å². The topological polar surface area (TPSA) is 47.0 Å². The van der Waals surface area contributed by atoms with Crippen molar-refractivity contribution >= 4 is 9.84 Å². The summed E-state index contributed by atoms with van der Waals surface area (Å²) in [6.07, 6.45) is 5.16. The normalized spacial score (nSPS) is 12.0. The molecule has 0 aliphatic rings. The van der Waals surface area contributed by atoms with E-state index in [1.54, 1.807) is 12.3 Å². The summed E-state index contributed by atoms with van der Waals surface area (Å²) in [5.41, 5.74) is 0.975. The zero-order chi connectivity index (χ0) is 10.8. The predicted molar refractivity (Wildman–Crippen MR) is 55.9 cm³/mol. The zero-order valence-corrected chi connectivity index (χ0v) is 9.50. The van der Waals surface area contributed by atoms with E-state index in [0.717, 1.165) is 12.0 Å². The fourth-order valence-corrected chi connectivity index (χ4v) is 1.87. The van der Waals surface area contributed by atoms with Crippen LogP contribution in [0.2, 0.25) is 0 Å². The van der Waals surface area contributed by atoms with E-state index in [-0.39, 0.29) is 0 Å². The molecule has 1 aromatic heterocycles. The molecule has 3 nitrogen and oxygen atoms in total. The number of rotatable bonds is 3. The van der Waals surface area contributed by atoms with Crippen LogP contribution in [0.3, 0.4) is 0 Å². The van der Waals surface area contributed by atoms with Crippen LogP contribution in [0.4, 0.5) is 0 Å². The quantitative estimate of drug-likeness (QED) is 0.767. The standard InChI is InChI=1S/C10H15NO2S/c1-8(2)4-9-5-10(7-11-6-9)14(3,12)13/h5-8H,4H2,1-3H3. The van der Waals surface area contributed by atoms with Gasteiger partial charge in [-0.05, 0) is 24.0 Å². The van der Waals surface area contributed by atoms with Gasteiger partial charge in [-0.3, -0.25) is 4.98 Å². The summed E-state index contributed by atoms with van der Waals surface area (Å²) in [5.74, 6) is 0.506. The lowest BCUT2D eigenvalue weighted by Gasteiger charge is -2.05. The van der Waals surface area contributed by atoms with Gasteiger partial charge < -0.3 is 0 Å². The molecule has 1 heterocycles. The molecule has 1 aromatic rings. The SMILES string of the molecule is CC(C)Cc1cncc(S(C)(=O)=O)c1. The third kappa shape index (κ3) is 3.10. The molecule has 1 rings (SSSR count). The number of hydrogen-bond donors (Lipinski definition) is 0. The minimum Gasteiger partial charge on any atom is -0.263 e. The number of pyridine rings is 1. The van der Waals surface area contributed by atoms with Gasteiger partial charge in [0.05, 0.1) is 4.90 Å². The maximum Gasteiger partial charge on any atom is 0.177 e. The summed E-state index contributed by atoms with van der Waals surface area (Å²) in [5, 5.41) is 0. The first kappa shape index (κ1) is 11.2. The maximum atomic E-state index is 11.2. The van der Waals surface area contributed by atoms with Crippen molar-refractivity contribution in [3.8, 4) is 0 Å². The monoisotopic (exact) mass is 213 g/mol. The van der Waals surface area contributed by atoms with Crippen molar-refractivity contribution < 1.29 is 8.42 Å². The van der Waals surface area contributed by atoms with Crippen molar-refractivity contribution in [2.24, 2.45) is 5.92 Å². The fourth-order valence-electron chi connectivity index (χ4n) is 1.25. The first-order valence-electron chi connectivity index (χ1n) is 4.53. The van der Waals surface area contributed by atoms with Crippen molar-refractivity contribution in [1.82, 2.24) is 4.98 Å². The second-order valence-electron chi connectivity index (χ2n) is 3.90. The maximum absolute atomic E-state index is 11.2. The van der Waals surface area contributed by atoms with E-state index in [0.29, 0.717) is 10.8 Å². The van der Waals surface area contributed by atoms with Crippen molar-refractivity contribution in [3.63, 3.8) is 0 Å². The highest BCUT2D eigenvalue weighted by Crippen LogP contribution is 2.12. The van der Waals surface area contributed by atoms with Gasteiger partial charge in [0.1, 0.15) is 0 Å². The van der Waals surface area contributed by atoms with Gasteiger partial charge in [0.25, 0.3) is 0 Å². The molecule has 0 spiro atoms. The molecule has 0 amide bonds. The minimum absolute atomic E-state index is 0.302. The second-order valence-corrected chi connectivity index (χ2v) is 5.91. The van der Waals surface area contributed by atoms with Crippen LogP contribution < -0.4 is 0 Å². The van der Waals surface area contributed by atoms with E-state index in [1.807, 2.05) is 0 Å². The minimum atomic E-state index is -3.12. The summed E-state index contributed by atoms with van der Waals surface area (Å²) in [6.45, 7) is 4.18. The summed E-state index contributed by atoms with van der Waals surface area (Å²) in [4.78, 5) is 4.23. The van der Waals surface area contributed by atoms with Crippen molar-refractivity contribution in [2.75, 3.05) is 6.26 Å². The fraction of sp³-hybridized carbons (Fsp3) is 0.500. The molecule has 0 saturated carbocycles. The molecule has 78 valence electrons. The Morgan fingerprint density at radius 3 is 2.50 bits per heavy atom. The summed E-state index contributed by atoms with van der Waals surface area (Å²) in [6, 6.07) is 1.70. The lowest BCUT2D eigenvalue weighted by molar-refractivity contribution is 0.600. The molecule has 0 N–H and O–H groups in total. The van der Waals surface area contributed by atoms with Crippen molar-refractivity contribution in [2.45, 2.75) is 25.2 Å². The molecule has 4 heteroatoms. The highest BCUT2D eigenvalue weighted by Gasteiger charge is 2.08. The van der Waals surface area contributed by atoms with Crippen molar-refractivity contribution in [1.29, 1.82) is 0 Å². The number of nitrogens with zero attached hydrogens (tertiary/aromatic N) is 1. The van der Waals surface area contributed by atoms with Gasteiger partial charge in [0.15, 0.2) is 9.84 Å². The van der Waals surface area contributed by atoms with Gasteiger partial charge in [-0.15, -0.1) is 0 Å². The van der Waals surface area contributed by atoms with Gasteiger partial charge in [0.2, 0.25) is 0 Å². The molecule has 0 fully saturated rings. The summed E-state index contributed by atoms with van der Waals surface area (Å²) < 4.78 is 22.5. The van der Waals surface area contributed by atoms with Crippen LogP contribution in [-0.4, -0.2) is 19.7 Å². The lowest BCUT2D eigenvalue weighted by Crippen LogP contribution is -2.01. The Balaban J connectivity index is 3.02. The Bertz CT molecular complexity index is 410. The Hall–Kier alpha value is -0.900. The average Bonchev–Trinajstić information content (AvgIpc) is 2.01. The van der Waals surface area contributed by atoms with Gasteiger partial charge >= 0.3 is 0 Å². The molecule has 0 aromatic carbocycles. The third-order valence-electron chi connectivity index (χ3n) is 1.84. The van der Waals surface area contributed by atoms with Crippen LogP contribution in [-0.2, 0) is 16.3 Å². The highest BCUT2D eigenvalue weighted by atomic mass is 32.2. The lowest BCUT2D eigenvalue weighted by atomic mass is 10.1. The Morgan fingerprint density at radius 2 is 2.00 bits per heavy atom. The summed E-state index contributed by atoms with van der Waals surface area (Å²) >= 11 is 0. The van der Waals surface area contributed by atoms with E-state index in [4.69, 9.17) is 0 Å². The summed E-state index contributed by atoms with van der Waals surface area (Å²) in [7, 11) is -3.12. The Labute approximate surface area is 85.1 Å². The molecule has 0 saturated heterocycles. The molecule has 0 aliphatic heterocycles. The highest BCUT2D eigenvalue weighted by molar-refractivity contribution is 7.90. The van der Waals surface area contributed by atoms with Gasteiger partial charge in [-0.1, -0.05) is 13.8 Å².